The Morgan fingerprint density at radius 2 is 1.93 bits per heavy atom. The van der Waals surface area contributed by atoms with E-state index in [1.54, 1.807) is 13.2 Å². The normalized spacial score (nSPS) is 8.50. The Morgan fingerprint density at radius 3 is 2.50 bits per heavy atom. The molecule has 14 heavy (non-hydrogen) atoms. The van der Waals surface area contributed by atoms with Gasteiger partial charge >= 0.3 is 73.1 Å². The van der Waals surface area contributed by atoms with Crippen LogP contribution in [0.15, 0.2) is 24.3 Å². The maximum atomic E-state index is 5.55. The van der Waals surface area contributed by atoms with Crippen molar-refractivity contribution in [3.05, 3.63) is 24.3 Å². The number of methoxy groups -OCH3 is 1. The average Bonchev–Trinajstić information content (AvgIpc) is 2.05. The van der Waals surface area contributed by atoms with Crippen LogP contribution in [0.1, 0.15) is 0 Å². The predicted octanol–water partition coefficient (Wildman–Crippen LogP) is 0.152. The van der Waals surface area contributed by atoms with Crippen molar-refractivity contribution in [3.8, 4) is 5.75 Å². The number of rotatable bonds is 4. The minimum absolute atomic E-state index is 0. The molecule has 1 rings (SSSR count). The van der Waals surface area contributed by atoms with Crippen LogP contribution < -0.4 is 10.2 Å². The molecule has 1 aromatic carbocycles. The second kappa shape index (κ2) is 8.56. The van der Waals surface area contributed by atoms with Crippen LogP contribution in [-0.2, 0) is 4.74 Å². The molecule has 0 saturated carbocycles. The molecule has 4 nitrogen and oxygen atoms in total. The average molecular weight is 196 g/mol. The molecule has 0 unspecified atom stereocenters. The maximum Gasteiger partial charge on any atom is -0.870 e. The maximum absolute atomic E-state index is 5.55. The first-order chi connectivity index (χ1) is 5.83. The number of benzene rings is 1. The molecule has 0 aliphatic heterocycles. The topological polar surface area (TPSA) is 78.5 Å². The van der Waals surface area contributed by atoms with Gasteiger partial charge in [-0.05, 0) is 0 Å². The molecule has 2 N–H and O–H groups in total. The summed E-state index contributed by atoms with van der Waals surface area (Å²) < 4.78 is 10.2. The molecule has 0 heterocycles. The molecule has 76 valence electrons. The second-order valence-corrected chi connectivity index (χ2v) is 2.41. The largest absolute Gasteiger partial charge is 0.870 e. The van der Waals surface area contributed by atoms with Gasteiger partial charge in [0.15, 0.2) is 0 Å². The minimum Gasteiger partial charge on any atom is -0.870 e. The molecule has 0 spiro atoms. The van der Waals surface area contributed by atoms with Crippen molar-refractivity contribution in [1.82, 2.24) is 0 Å². The van der Waals surface area contributed by atoms with Crippen LogP contribution in [0.5, 0.6) is 5.75 Å². The zero-order chi connectivity index (χ0) is 8.81. The van der Waals surface area contributed by atoms with E-state index in [4.69, 9.17) is 17.3 Å². The van der Waals surface area contributed by atoms with Gasteiger partial charge in [0.1, 0.15) is 0 Å². The van der Waals surface area contributed by atoms with Gasteiger partial charge in [0.05, 0.1) is 0 Å². The Balaban J connectivity index is 0. The van der Waals surface area contributed by atoms with E-state index >= 15 is 0 Å². The minimum atomic E-state index is 0. The van der Waals surface area contributed by atoms with E-state index in [-0.39, 0.29) is 11.0 Å². The first kappa shape index (κ1) is 15.4. The monoisotopic (exact) mass is 196 g/mol. The number of hydrogen-bond acceptors (Lipinski definition) is 4. The molecule has 0 aliphatic rings. The van der Waals surface area contributed by atoms with Gasteiger partial charge in [-0.25, -0.2) is 0 Å². The van der Waals surface area contributed by atoms with Crippen LogP contribution in [0, 0.1) is 0 Å². The summed E-state index contributed by atoms with van der Waals surface area (Å²) in [5.74, 6) is 0.784. The fraction of sp³-hybridized carbons (Fsp3) is 0.333. The van der Waals surface area contributed by atoms with Gasteiger partial charge in [0.25, 0.3) is 0 Å². The molecule has 0 atom stereocenters. The zero-order valence-electron chi connectivity index (χ0n) is 8.01. The number of ether oxygens (including phenoxy) is 2. The Hall–Kier alpha value is -1.04. The molecule has 0 aromatic heterocycles. The van der Waals surface area contributed by atoms with Crippen molar-refractivity contribution in [1.29, 1.82) is 0 Å². The van der Waals surface area contributed by atoms with Crippen LogP contribution in [0.25, 0.3) is 0 Å². The van der Waals surface area contributed by atoms with E-state index in [0.29, 0.717) is 18.7 Å². The fourth-order valence-corrected chi connectivity index (χ4v) is 0.847. The summed E-state index contributed by atoms with van der Waals surface area (Å²) in [5, 5.41) is 0. The smallest absolute Gasteiger partial charge is 0.870 e. The molecule has 0 amide bonds. The zero-order valence-corrected chi connectivity index (χ0v) is 8.01. The van der Waals surface area contributed by atoms with Crippen molar-refractivity contribution >= 4 is 13.3 Å². The van der Waals surface area contributed by atoms with Gasteiger partial charge in [0, 0.05) is 0 Å². The van der Waals surface area contributed by atoms with E-state index in [1.165, 1.54) is 0 Å². The summed E-state index contributed by atoms with van der Waals surface area (Å²) in [6.45, 7) is 1.15. The predicted molar refractivity (Wildman–Crippen MR) is 53.1 cm³/mol. The van der Waals surface area contributed by atoms with Gasteiger partial charge in [0.2, 0.25) is 0 Å². The Bertz CT molecular complexity index is 242. The molecular weight excluding hydrogens is 183 g/mol. The van der Waals surface area contributed by atoms with Crippen LogP contribution >= 0.6 is 0 Å². The summed E-state index contributed by atoms with van der Waals surface area (Å²) in [7, 11) is 7.19. The quantitative estimate of drug-likeness (QED) is 0.507. The summed E-state index contributed by atoms with van der Waals surface area (Å²) in [5.41, 5.74) is 0.713. The SMILES string of the molecule is [B+2]c1cccc(OCCOC)c1.[OH-].[OH-]. The first-order valence-corrected chi connectivity index (χ1v) is 3.80. The van der Waals surface area contributed by atoms with Crippen LogP contribution in [0.3, 0.4) is 0 Å². The molecule has 5 heteroatoms. The molecule has 0 aliphatic carbocycles. The van der Waals surface area contributed by atoms with Crippen molar-refractivity contribution in [2.75, 3.05) is 20.3 Å². The summed E-state index contributed by atoms with van der Waals surface area (Å²) in [6.07, 6.45) is 0. The standard InChI is InChI=1S/C9H11BO2.2H2O/c1-11-5-6-12-9-4-2-3-8(10)7-9;;/h2-4,7H,5-6H2,1H3;2*1H2/q+2;;/p-2. The Labute approximate surface area is 84.9 Å². The van der Waals surface area contributed by atoms with E-state index in [1.807, 2.05) is 18.2 Å². The van der Waals surface area contributed by atoms with Gasteiger partial charge in [-0.2, -0.15) is 0 Å². The fourth-order valence-electron chi connectivity index (χ4n) is 0.847. The first-order valence-electron chi connectivity index (χ1n) is 3.80. The van der Waals surface area contributed by atoms with Crippen molar-refractivity contribution < 1.29 is 20.4 Å². The summed E-state index contributed by atoms with van der Waals surface area (Å²) in [6, 6.07) is 7.34. The molecule has 0 fully saturated rings. The van der Waals surface area contributed by atoms with Gasteiger partial charge in [-0.3, -0.25) is 0 Å². The third-order valence-corrected chi connectivity index (χ3v) is 1.41. The van der Waals surface area contributed by atoms with Crippen LogP contribution in [-0.4, -0.2) is 39.1 Å². The van der Waals surface area contributed by atoms with Crippen LogP contribution in [0.2, 0.25) is 0 Å². The molecular formula is C9H13BO4. The summed E-state index contributed by atoms with van der Waals surface area (Å²) >= 11 is 0. The van der Waals surface area contributed by atoms with Crippen molar-refractivity contribution in [2.45, 2.75) is 0 Å². The molecule has 0 radical (unpaired) electrons. The van der Waals surface area contributed by atoms with E-state index in [0.717, 1.165) is 5.75 Å². The van der Waals surface area contributed by atoms with E-state index < -0.39 is 0 Å². The van der Waals surface area contributed by atoms with Gasteiger partial charge < -0.3 is 11.0 Å². The second-order valence-electron chi connectivity index (χ2n) is 2.41. The molecule has 1 aromatic rings. The van der Waals surface area contributed by atoms with Crippen LogP contribution in [0.4, 0.5) is 0 Å². The van der Waals surface area contributed by atoms with E-state index in [2.05, 4.69) is 0 Å². The van der Waals surface area contributed by atoms with Gasteiger partial charge in [-0.1, -0.05) is 0 Å². The molecule has 0 saturated heterocycles. The molecule has 0 bridgehead atoms. The third kappa shape index (κ3) is 5.58. The van der Waals surface area contributed by atoms with Crippen molar-refractivity contribution in [2.24, 2.45) is 0 Å². The van der Waals surface area contributed by atoms with Crippen molar-refractivity contribution in [3.63, 3.8) is 0 Å². The summed E-state index contributed by atoms with van der Waals surface area (Å²) in [4.78, 5) is 0. The third-order valence-electron chi connectivity index (χ3n) is 1.41. The number of hydrogen-bond donors (Lipinski definition) is 0. The van der Waals surface area contributed by atoms with E-state index in [9.17, 15) is 0 Å². The Morgan fingerprint density at radius 1 is 1.21 bits per heavy atom. The Kier molecular flexibility index (Phi) is 9.44. The van der Waals surface area contributed by atoms with Gasteiger partial charge in [-0.15, -0.1) is 0 Å².